The van der Waals surface area contributed by atoms with Gasteiger partial charge in [0, 0.05) is 11.5 Å². The zero-order valence-electron chi connectivity index (χ0n) is 15.7. The largest absolute Gasteiger partial charge is 0.508 e. The van der Waals surface area contributed by atoms with Crippen LogP contribution in [-0.4, -0.2) is 62.0 Å². The maximum absolute atomic E-state index is 11.4. The number of aromatic hydroxyl groups is 1. The van der Waals surface area contributed by atoms with E-state index in [1.165, 1.54) is 5.56 Å². The second-order valence-electron chi connectivity index (χ2n) is 7.27. The lowest BCUT2D eigenvalue weighted by Gasteiger charge is -2.60. The number of carbonyl (C=O) groups is 2. The van der Waals surface area contributed by atoms with E-state index in [1.807, 2.05) is 25.1 Å². The van der Waals surface area contributed by atoms with Gasteiger partial charge in [-0.2, -0.15) is 0 Å². The first kappa shape index (κ1) is 20.9. The summed E-state index contributed by atoms with van der Waals surface area (Å²) < 4.78 is 0. The Balaban J connectivity index is 0.000000380. The van der Waals surface area contributed by atoms with Crippen molar-refractivity contribution in [2.75, 3.05) is 13.1 Å². The Morgan fingerprint density at radius 1 is 1.33 bits per heavy atom. The lowest BCUT2D eigenvalue weighted by molar-refractivity contribution is -0.159. The molecule has 1 aromatic carbocycles. The molecule has 4 N–H and O–H groups in total. The number of rotatable bonds is 3. The van der Waals surface area contributed by atoms with E-state index in [0.717, 1.165) is 37.9 Å². The van der Waals surface area contributed by atoms with E-state index in [2.05, 4.69) is 18.4 Å². The van der Waals surface area contributed by atoms with Gasteiger partial charge in [0.25, 0.3) is 0 Å². The van der Waals surface area contributed by atoms with Gasteiger partial charge in [0.1, 0.15) is 5.75 Å². The van der Waals surface area contributed by atoms with Gasteiger partial charge in [-0.3, -0.25) is 4.90 Å². The molecular weight excluding hydrogens is 350 g/mol. The number of phenols is 1. The van der Waals surface area contributed by atoms with Gasteiger partial charge >= 0.3 is 11.9 Å². The van der Waals surface area contributed by atoms with Crippen LogP contribution in [0.5, 0.6) is 5.75 Å². The number of allylic oxidation sites excluding steroid dienone is 1. The van der Waals surface area contributed by atoms with Gasteiger partial charge in [0.2, 0.25) is 0 Å². The fraction of sp³-hybridized carbons (Fsp3) is 0.500. The number of benzene rings is 1. The van der Waals surface area contributed by atoms with Crippen molar-refractivity contribution in [3.63, 3.8) is 0 Å². The molecule has 2 aliphatic rings. The molecule has 1 aromatic rings. The minimum atomic E-state index is -1.82. The minimum absolute atomic E-state index is 0.133. The quantitative estimate of drug-likeness (QED) is 0.468. The monoisotopic (exact) mass is 377 g/mol. The number of nitrogens with zero attached hydrogens (tertiary/aromatic N) is 1. The third-order valence-corrected chi connectivity index (χ3v) is 5.99. The van der Waals surface area contributed by atoms with Crippen LogP contribution in [-0.2, 0) is 21.4 Å². The molecule has 0 unspecified atom stereocenters. The highest BCUT2D eigenvalue weighted by Gasteiger charge is 2.59. The van der Waals surface area contributed by atoms with Crippen molar-refractivity contribution in [3.8, 4) is 5.75 Å². The molecule has 1 heterocycles. The number of fused-ring (bicyclic) bond motifs is 4. The van der Waals surface area contributed by atoms with Crippen molar-refractivity contribution < 1.29 is 30.0 Å². The predicted octanol–water partition coefficient (Wildman–Crippen LogP) is 1.76. The van der Waals surface area contributed by atoms with Crippen LogP contribution >= 0.6 is 0 Å². The smallest absolute Gasteiger partial charge is 0.414 e. The van der Waals surface area contributed by atoms with Crippen LogP contribution in [0.2, 0.25) is 0 Å². The van der Waals surface area contributed by atoms with E-state index >= 15 is 0 Å². The Bertz CT molecular complexity index is 732. The van der Waals surface area contributed by atoms with Crippen LogP contribution in [0.4, 0.5) is 0 Å². The summed E-state index contributed by atoms with van der Waals surface area (Å²) in [6.07, 6.45) is 4.39. The number of carboxylic acids is 2. The Kier molecular flexibility index (Phi) is 5.97. The van der Waals surface area contributed by atoms with E-state index in [1.54, 1.807) is 6.07 Å². The molecule has 0 amide bonds. The molecule has 0 radical (unpaired) electrons. The standard InChI is InChI=1S/C18H25NO2.C2H2O4/c1-4-8-18-9-10-19(5-2)16(17(18,3)21)11-13-6-7-14(20)12-15(13)18;3-1(4)2(5)6/h4,6-7,12,16,20-21H,1,5,8-11H2,2-3H3;(H,3,4)(H,5,6)/t16-,17-,18+;/m1./s1. The number of carboxylic acid groups (broad SMARTS) is 2. The average Bonchev–Trinajstić information content (AvgIpc) is 2.59. The van der Waals surface area contributed by atoms with Gasteiger partial charge in [0.05, 0.1) is 5.60 Å². The highest BCUT2D eigenvalue weighted by atomic mass is 16.4. The lowest BCUT2D eigenvalue weighted by atomic mass is 9.54. The highest BCUT2D eigenvalue weighted by Crippen LogP contribution is 2.53. The van der Waals surface area contributed by atoms with Crippen molar-refractivity contribution in [1.82, 2.24) is 4.90 Å². The molecule has 148 valence electrons. The molecule has 0 aromatic heterocycles. The zero-order valence-corrected chi connectivity index (χ0v) is 15.7. The molecule has 1 aliphatic heterocycles. The van der Waals surface area contributed by atoms with Crippen LogP contribution in [0.3, 0.4) is 0 Å². The van der Waals surface area contributed by atoms with Crippen molar-refractivity contribution in [2.45, 2.75) is 50.2 Å². The number of piperidine rings is 1. The fourth-order valence-corrected chi connectivity index (χ4v) is 4.59. The topological polar surface area (TPSA) is 118 Å². The Labute approximate surface area is 158 Å². The maximum atomic E-state index is 11.4. The van der Waals surface area contributed by atoms with Crippen molar-refractivity contribution in [2.24, 2.45) is 0 Å². The van der Waals surface area contributed by atoms with Crippen LogP contribution < -0.4 is 0 Å². The van der Waals surface area contributed by atoms with Crippen molar-refractivity contribution in [3.05, 3.63) is 42.0 Å². The van der Waals surface area contributed by atoms with Crippen LogP contribution in [0.1, 0.15) is 37.8 Å². The molecule has 27 heavy (non-hydrogen) atoms. The summed E-state index contributed by atoms with van der Waals surface area (Å²) >= 11 is 0. The summed E-state index contributed by atoms with van der Waals surface area (Å²) in [5.74, 6) is -3.37. The number of aliphatic carboxylic acids is 2. The van der Waals surface area contributed by atoms with E-state index in [-0.39, 0.29) is 17.2 Å². The molecule has 1 saturated heterocycles. The lowest BCUT2D eigenvalue weighted by Crippen LogP contribution is -2.70. The first-order valence-corrected chi connectivity index (χ1v) is 8.96. The van der Waals surface area contributed by atoms with Crippen LogP contribution in [0.15, 0.2) is 30.9 Å². The summed E-state index contributed by atoms with van der Waals surface area (Å²) in [5, 5.41) is 36.1. The van der Waals surface area contributed by atoms with E-state index < -0.39 is 17.5 Å². The third-order valence-electron chi connectivity index (χ3n) is 5.99. The minimum Gasteiger partial charge on any atom is -0.508 e. The summed E-state index contributed by atoms with van der Waals surface area (Å²) in [6, 6.07) is 5.76. The zero-order chi connectivity index (χ0) is 20.4. The highest BCUT2D eigenvalue weighted by molar-refractivity contribution is 6.27. The van der Waals surface area contributed by atoms with Gasteiger partial charge in [0.15, 0.2) is 0 Å². The molecule has 3 atom stereocenters. The van der Waals surface area contributed by atoms with Crippen LogP contribution in [0.25, 0.3) is 0 Å². The predicted molar refractivity (Wildman–Crippen MR) is 99.9 cm³/mol. The van der Waals surface area contributed by atoms with Crippen LogP contribution in [0, 0.1) is 0 Å². The average molecular weight is 377 g/mol. The Morgan fingerprint density at radius 3 is 2.48 bits per heavy atom. The van der Waals surface area contributed by atoms with Gasteiger partial charge in [-0.15, -0.1) is 6.58 Å². The second-order valence-corrected chi connectivity index (χ2v) is 7.27. The first-order chi connectivity index (χ1) is 12.6. The summed E-state index contributed by atoms with van der Waals surface area (Å²) in [7, 11) is 0. The fourth-order valence-electron chi connectivity index (χ4n) is 4.59. The normalized spacial score (nSPS) is 29.1. The number of likely N-dealkylation sites (tertiary alicyclic amines) is 1. The summed E-state index contributed by atoms with van der Waals surface area (Å²) in [6.45, 7) is 9.98. The number of aliphatic hydroxyl groups is 1. The summed E-state index contributed by atoms with van der Waals surface area (Å²) in [4.78, 5) is 20.6. The Morgan fingerprint density at radius 2 is 1.96 bits per heavy atom. The second kappa shape index (κ2) is 7.70. The third kappa shape index (κ3) is 3.57. The molecular formula is C20H27NO6. The molecule has 0 saturated carbocycles. The summed E-state index contributed by atoms with van der Waals surface area (Å²) in [5.41, 5.74) is 1.22. The van der Waals surface area contributed by atoms with Gasteiger partial charge < -0.3 is 20.4 Å². The SMILES string of the molecule is C=CC[C@]12CCN(CC)[C@H](Cc3ccc(O)cc31)[C@@]2(C)O.O=C(O)C(=O)O. The van der Waals surface area contributed by atoms with Crippen molar-refractivity contribution in [1.29, 1.82) is 0 Å². The van der Waals surface area contributed by atoms with E-state index in [4.69, 9.17) is 19.8 Å². The molecule has 1 fully saturated rings. The molecule has 3 rings (SSSR count). The molecule has 2 bridgehead atoms. The molecule has 1 aliphatic carbocycles. The van der Waals surface area contributed by atoms with Crippen molar-refractivity contribution >= 4 is 11.9 Å². The molecule has 7 nitrogen and oxygen atoms in total. The Hall–Kier alpha value is -2.38. The number of phenolic OH excluding ortho intramolecular Hbond substituents is 1. The molecule has 0 spiro atoms. The first-order valence-electron chi connectivity index (χ1n) is 8.96. The maximum Gasteiger partial charge on any atom is 0.414 e. The van der Waals surface area contributed by atoms with Gasteiger partial charge in [-0.05, 0) is 62.5 Å². The van der Waals surface area contributed by atoms with Gasteiger partial charge in [-0.25, -0.2) is 9.59 Å². The molecule has 7 heteroatoms. The van der Waals surface area contributed by atoms with E-state index in [9.17, 15) is 10.2 Å². The van der Waals surface area contributed by atoms with Gasteiger partial charge in [-0.1, -0.05) is 19.1 Å². The number of likely N-dealkylation sites (N-methyl/N-ethyl adjacent to an activating group) is 1. The van der Waals surface area contributed by atoms with E-state index in [0.29, 0.717) is 0 Å². The number of hydrogen-bond acceptors (Lipinski definition) is 5. The number of hydrogen-bond donors (Lipinski definition) is 4.